The van der Waals surface area contributed by atoms with Crippen molar-refractivity contribution in [3.8, 4) is 0 Å². The summed E-state index contributed by atoms with van der Waals surface area (Å²) in [5.74, 6) is -0.438. The molecule has 2 rings (SSSR count). The number of hydrogen-bond acceptors (Lipinski definition) is 4. The smallest absolute Gasteiger partial charge is 0.250 e. The minimum atomic E-state index is -0.438. The van der Waals surface area contributed by atoms with E-state index in [9.17, 15) is 4.79 Å². The molecule has 104 valence electrons. The Hall–Kier alpha value is -1.36. The van der Waals surface area contributed by atoms with Gasteiger partial charge in [0.15, 0.2) is 0 Å². The normalized spacial score (nSPS) is 23.0. The lowest BCUT2D eigenvalue weighted by molar-refractivity contribution is 0.100. The van der Waals surface area contributed by atoms with Gasteiger partial charge < -0.3 is 16.8 Å². The van der Waals surface area contributed by atoms with Gasteiger partial charge in [-0.2, -0.15) is 11.8 Å². The molecule has 0 heterocycles. The lowest BCUT2D eigenvalue weighted by atomic mass is 9.94. The summed E-state index contributed by atoms with van der Waals surface area (Å²) in [4.78, 5) is 11.5. The zero-order valence-electron chi connectivity index (χ0n) is 11.2. The van der Waals surface area contributed by atoms with Gasteiger partial charge in [0, 0.05) is 22.7 Å². The number of amides is 1. The van der Waals surface area contributed by atoms with Crippen LogP contribution in [0.3, 0.4) is 0 Å². The Morgan fingerprint density at radius 1 is 1.42 bits per heavy atom. The van der Waals surface area contributed by atoms with E-state index in [0.717, 1.165) is 18.5 Å². The second-order valence-corrected chi connectivity index (χ2v) is 6.17. The first kappa shape index (κ1) is 14.1. The zero-order chi connectivity index (χ0) is 13.8. The topological polar surface area (TPSA) is 81.1 Å². The highest BCUT2D eigenvalue weighted by Gasteiger charge is 2.22. The van der Waals surface area contributed by atoms with Crippen LogP contribution in [0.2, 0.25) is 0 Å². The van der Waals surface area contributed by atoms with Gasteiger partial charge in [-0.05, 0) is 43.7 Å². The minimum absolute atomic E-state index is 0.410. The summed E-state index contributed by atoms with van der Waals surface area (Å²) in [5, 5.41) is 4.16. The molecule has 1 aromatic rings. The number of rotatable bonds is 4. The van der Waals surface area contributed by atoms with Crippen molar-refractivity contribution >= 4 is 29.0 Å². The number of thioether (sulfide) groups is 1. The lowest BCUT2D eigenvalue weighted by Crippen LogP contribution is -2.29. The van der Waals surface area contributed by atoms with Crippen LogP contribution in [0.4, 0.5) is 11.4 Å². The Balaban J connectivity index is 2.12. The van der Waals surface area contributed by atoms with Crippen LogP contribution in [0.5, 0.6) is 0 Å². The van der Waals surface area contributed by atoms with E-state index < -0.39 is 5.91 Å². The molecule has 2 unspecified atom stereocenters. The predicted octanol–water partition coefficient (Wildman–Crippen LogP) is 2.45. The quantitative estimate of drug-likeness (QED) is 0.739. The van der Waals surface area contributed by atoms with Gasteiger partial charge >= 0.3 is 0 Å². The highest BCUT2D eigenvalue weighted by atomic mass is 32.2. The molecule has 19 heavy (non-hydrogen) atoms. The van der Waals surface area contributed by atoms with Crippen LogP contribution in [0.15, 0.2) is 18.2 Å². The van der Waals surface area contributed by atoms with E-state index in [1.165, 1.54) is 12.8 Å². The predicted molar refractivity (Wildman–Crippen MR) is 82.6 cm³/mol. The molecule has 1 aromatic carbocycles. The second-order valence-electron chi connectivity index (χ2n) is 5.03. The molecule has 1 saturated carbocycles. The maximum Gasteiger partial charge on any atom is 0.250 e. The van der Waals surface area contributed by atoms with Gasteiger partial charge in [0.1, 0.15) is 0 Å². The fraction of sp³-hybridized carbons (Fsp3) is 0.500. The average Bonchev–Trinajstić information content (AvgIpc) is 2.41. The minimum Gasteiger partial charge on any atom is -0.399 e. The molecule has 1 aliphatic carbocycles. The summed E-state index contributed by atoms with van der Waals surface area (Å²) in [6.45, 7) is 0. The van der Waals surface area contributed by atoms with Gasteiger partial charge in [0.2, 0.25) is 0 Å². The molecule has 5 N–H and O–H groups in total. The standard InChI is InChI=1S/C14H21N3OS/c1-19-11-4-2-3-10(8-11)17-13-6-5-9(15)7-12(13)14(16)18/h5-7,10-11,17H,2-4,8,15H2,1H3,(H2,16,18). The lowest BCUT2D eigenvalue weighted by Gasteiger charge is -2.30. The third kappa shape index (κ3) is 3.56. The monoisotopic (exact) mass is 279 g/mol. The van der Waals surface area contributed by atoms with E-state index in [0.29, 0.717) is 22.5 Å². The Kier molecular flexibility index (Phi) is 4.58. The van der Waals surface area contributed by atoms with E-state index in [1.807, 2.05) is 17.8 Å². The summed E-state index contributed by atoms with van der Waals surface area (Å²) >= 11 is 1.92. The summed E-state index contributed by atoms with van der Waals surface area (Å²) in [6.07, 6.45) is 6.93. The van der Waals surface area contributed by atoms with Gasteiger partial charge in [0.25, 0.3) is 5.91 Å². The van der Waals surface area contributed by atoms with Crippen LogP contribution in [-0.4, -0.2) is 23.5 Å². The van der Waals surface area contributed by atoms with Crippen molar-refractivity contribution in [2.24, 2.45) is 5.73 Å². The Bertz CT molecular complexity index is 464. The van der Waals surface area contributed by atoms with Gasteiger partial charge in [-0.25, -0.2) is 0 Å². The highest BCUT2D eigenvalue weighted by molar-refractivity contribution is 7.99. The number of carbonyl (C=O) groups excluding carboxylic acids is 1. The summed E-state index contributed by atoms with van der Waals surface area (Å²) in [6, 6.07) is 5.69. The van der Waals surface area contributed by atoms with E-state index in [4.69, 9.17) is 11.5 Å². The first-order valence-electron chi connectivity index (χ1n) is 6.59. The molecule has 0 saturated heterocycles. The number of nitrogens with two attached hydrogens (primary N) is 2. The van der Waals surface area contributed by atoms with Crippen molar-refractivity contribution in [3.05, 3.63) is 23.8 Å². The number of carbonyl (C=O) groups is 1. The van der Waals surface area contributed by atoms with Crippen molar-refractivity contribution in [2.75, 3.05) is 17.3 Å². The van der Waals surface area contributed by atoms with Crippen molar-refractivity contribution in [1.82, 2.24) is 0 Å². The molecule has 4 nitrogen and oxygen atoms in total. The highest BCUT2D eigenvalue weighted by Crippen LogP contribution is 2.30. The molecule has 1 aliphatic rings. The molecule has 0 aromatic heterocycles. The number of anilines is 2. The summed E-state index contributed by atoms with van der Waals surface area (Å²) < 4.78 is 0. The van der Waals surface area contributed by atoms with Crippen molar-refractivity contribution < 1.29 is 4.79 Å². The molecule has 2 atom stereocenters. The van der Waals surface area contributed by atoms with E-state index in [2.05, 4.69) is 11.6 Å². The van der Waals surface area contributed by atoms with Crippen LogP contribution < -0.4 is 16.8 Å². The number of hydrogen-bond donors (Lipinski definition) is 3. The van der Waals surface area contributed by atoms with Crippen molar-refractivity contribution in [2.45, 2.75) is 37.0 Å². The largest absolute Gasteiger partial charge is 0.399 e. The van der Waals surface area contributed by atoms with E-state index in [1.54, 1.807) is 12.1 Å². The summed E-state index contributed by atoms with van der Waals surface area (Å²) in [7, 11) is 0. The van der Waals surface area contributed by atoms with Gasteiger partial charge in [-0.3, -0.25) is 4.79 Å². The molecule has 0 bridgehead atoms. The molecule has 5 heteroatoms. The molecule has 0 aliphatic heterocycles. The summed E-state index contributed by atoms with van der Waals surface area (Å²) in [5.41, 5.74) is 12.9. The first-order valence-corrected chi connectivity index (χ1v) is 7.87. The Labute approximate surface area is 118 Å². The zero-order valence-corrected chi connectivity index (χ0v) is 12.0. The number of primary amides is 1. The molecule has 0 radical (unpaired) electrons. The second kappa shape index (κ2) is 6.19. The number of nitrogens with one attached hydrogen (secondary N) is 1. The number of nitrogen functional groups attached to an aromatic ring is 1. The Morgan fingerprint density at radius 2 is 2.21 bits per heavy atom. The van der Waals surface area contributed by atoms with Crippen LogP contribution in [0, 0.1) is 0 Å². The van der Waals surface area contributed by atoms with Crippen molar-refractivity contribution in [1.29, 1.82) is 0 Å². The van der Waals surface area contributed by atoms with Crippen LogP contribution in [0.1, 0.15) is 36.0 Å². The Morgan fingerprint density at radius 3 is 2.89 bits per heavy atom. The molecule has 1 fully saturated rings. The van der Waals surface area contributed by atoms with Crippen molar-refractivity contribution in [3.63, 3.8) is 0 Å². The van der Waals surface area contributed by atoms with Crippen LogP contribution in [0.25, 0.3) is 0 Å². The maximum absolute atomic E-state index is 11.5. The van der Waals surface area contributed by atoms with Gasteiger partial charge in [-0.1, -0.05) is 6.42 Å². The average molecular weight is 279 g/mol. The van der Waals surface area contributed by atoms with Crippen LogP contribution in [-0.2, 0) is 0 Å². The molecular weight excluding hydrogens is 258 g/mol. The van der Waals surface area contributed by atoms with E-state index >= 15 is 0 Å². The van der Waals surface area contributed by atoms with Gasteiger partial charge in [-0.15, -0.1) is 0 Å². The third-order valence-corrected chi connectivity index (χ3v) is 4.72. The fourth-order valence-electron chi connectivity index (χ4n) is 2.60. The molecule has 1 amide bonds. The van der Waals surface area contributed by atoms with Gasteiger partial charge in [0.05, 0.1) is 5.56 Å². The van der Waals surface area contributed by atoms with E-state index in [-0.39, 0.29) is 0 Å². The number of benzene rings is 1. The maximum atomic E-state index is 11.5. The fourth-order valence-corrected chi connectivity index (χ4v) is 3.43. The van der Waals surface area contributed by atoms with Crippen LogP contribution >= 0.6 is 11.8 Å². The third-order valence-electron chi connectivity index (χ3n) is 3.63. The molecular formula is C14H21N3OS. The first-order chi connectivity index (χ1) is 9.10. The SMILES string of the molecule is CSC1CCCC(Nc2ccc(N)cc2C(N)=O)C1. The molecule has 0 spiro atoms.